The number of benzene rings is 3. The summed E-state index contributed by atoms with van der Waals surface area (Å²) in [6.07, 6.45) is 9.03. The molecule has 1 fully saturated rings. The summed E-state index contributed by atoms with van der Waals surface area (Å²) in [5.74, 6) is 1.80. The third-order valence-electron chi connectivity index (χ3n) is 8.90. The highest BCUT2D eigenvalue weighted by Gasteiger charge is 2.30. The zero-order valence-corrected chi connectivity index (χ0v) is 23.6. The number of ether oxygens (including phenoxy) is 1. The van der Waals surface area contributed by atoms with E-state index in [1.54, 1.807) is 11.8 Å². The average molecular weight is 527 g/mol. The lowest BCUT2D eigenvalue weighted by atomic mass is 9.81. The third-order valence-corrected chi connectivity index (χ3v) is 10.1. The van der Waals surface area contributed by atoms with Crippen LogP contribution in [-0.2, 0) is 11.2 Å². The molecule has 3 aliphatic rings. The van der Waals surface area contributed by atoms with Crippen LogP contribution in [0.3, 0.4) is 0 Å². The molecule has 3 aromatic carbocycles. The van der Waals surface area contributed by atoms with Crippen molar-refractivity contribution < 1.29 is 14.6 Å². The first kappa shape index (κ1) is 25.6. The minimum atomic E-state index is -0.730. The molecule has 1 saturated carbocycles. The van der Waals surface area contributed by atoms with E-state index >= 15 is 0 Å². The molecule has 0 radical (unpaired) electrons. The maximum absolute atomic E-state index is 11.2. The minimum Gasteiger partial charge on any atom is -0.486 e. The Hall–Kier alpha value is -2.72. The van der Waals surface area contributed by atoms with Crippen LogP contribution in [-0.4, -0.2) is 16.8 Å². The standard InChI is InChI=1S/C34H38O3S/c1-20-13-29-28(30(14-20)34-21(2)15-24(16-22(34)3)23-7-5-4-6-8-23)11-12-31(29)37-26-9-10-27-25(17-33(35)36)19-38-32(27)18-26/h9-10,13-16,18,23,25,31H,4-8,11-12,17,19H2,1-3H3,(H,35,36)/t25-,31?/m1/s1. The number of thioether (sulfide) groups is 1. The van der Waals surface area contributed by atoms with E-state index in [2.05, 4.69) is 57.2 Å². The van der Waals surface area contributed by atoms with Crippen molar-refractivity contribution in [3.05, 3.63) is 81.4 Å². The number of hydrogen-bond acceptors (Lipinski definition) is 3. The van der Waals surface area contributed by atoms with Crippen molar-refractivity contribution >= 4 is 17.7 Å². The maximum atomic E-state index is 11.2. The van der Waals surface area contributed by atoms with Crippen molar-refractivity contribution in [1.82, 2.24) is 0 Å². The highest BCUT2D eigenvalue weighted by Crippen LogP contribution is 2.46. The van der Waals surface area contributed by atoms with Gasteiger partial charge in [0.15, 0.2) is 0 Å². The number of aryl methyl sites for hydroxylation is 3. The predicted octanol–water partition coefficient (Wildman–Crippen LogP) is 9.06. The van der Waals surface area contributed by atoms with Gasteiger partial charge in [0.25, 0.3) is 0 Å². The van der Waals surface area contributed by atoms with Gasteiger partial charge in [0.1, 0.15) is 11.9 Å². The third kappa shape index (κ3) is 4.88. The molecule has 4 heteroatoms. The molecule has 0 bridgehead atoms. The first-order valence-corrected chi connectivity index (χ1v) is 15.3. The summed E-state index contributed by atoms with van der Waals surface area (Å²) in [4.78, 5) is 12.4. The second-order valence-corrected chi connectivity index (χ2v) is 12.8. The molecule has 2 aliphatic carbocycles. The Kier molecular flexibility index (Phi) is 7.03. The largest absolute Gasteiger partial charge is 0.486 e. The van der Waals surface area contributed by atoms with Crippen molar-refractivity contribution in [2.75, 3.05) is 5.75 Å². The van der Waals surface area contributed by atoms with Crippen molar-refractivity contribution in [3.63, 3.8) is 0 Å². The monoisotopic (exact) mass is 526 g/mol. The molecule has 38 heavy (non-hydrogen) atoms. The Morgan fingerprint density at radius 3 is 2.45 bits per heavy atom. The molecule has 1 unspecified atom stereocenters. The first-order chi connectivity index (χ1) is 18.4. The second-order valence-electron chi connectivity index (χ2n) is 11.7. The first-order valence-electron chi connectivity index (χ1n) is 14.3. The molecule has 0 amide bonds. The number of hydrogen-bond donors (Lipinski definition) is 1. The smallest absolute Gasteiger partial charge is 0.303 e. The molecule has 0 spiro atoms. The summed E-state index contributed by atoms with van der Waals surface area (Å²) in [5, 5.41) is 9.24. The molecular formula is C34H38O3S. The number of carbonyl (C=O) groups is 1. The van der Waals surface area contributed by atoms with Crippen molar-refractivity contribution in [2.24, 2.45) is 0 Å². The molecule has 1 aliphatic heterocycles. The normalized spacial score (nSPS) is 20.8. The van der Waals surface area contributed by atoms with Crippen LogP contribution in [0.1, 0.15) is 102 Å². The summed E-state index contributed by atoms with van der Waals surface area (Å²) in [6.45, 7) is 6.80. The van der Waals surface area contributed by atoms with Crippen LogP contribution in [0.5, 0.6) is 5.75 Å². The van der Waals surface area contributed by atoms with E-state index in [4.69, 9.17) is 4.74 Å². The van der Waals surface area contributed by atoms with Gasteiger partial charge in [-0.15, -0.1) is 11.8 Å². The molecule has 0 saturated heterocycles. The van der Waals surface area contributed by atoms with E-state index < -0.39 is 5.97 Å². The molecule has 6 rings (SSSR count). The van der Waals surface area contributed by atoms with Gasteiger partial charge in [-0.1, -0.05) is 55.2 Å². The molecule has 1 heterocycles. The quantitative estimate of drug-likeness (QED) is 0.348. The fourth-order valence-corrected chi connectivity index (χ4v) is 8.43. The van der Waals surface area contributed by atoms with Crippen LogP contribution < -0.4 is 4.74 Å². The lowest BCUT2D eigenvalue weighted by molar-refractivity contribution is -0.137. The van der Waals surface area contributed by atoms with Gasteiger partial charge >= 0.3 is 5.97 Å². The highest BCUT2D eigenvalue weighted by molar-refractivity contribution is 7.99. The van der Waals surface area contributed by atoms with E-state index in [1.807, 2.05) is 6.07 Å². The van der Waals surface area contributed by atoms with E-state index in [9.17, 15) is 9.90 Å². The fraction of sp³-hybridized carbons (Fsp3) is 0.441. The Balaban J connectivity index is 1.28. The molecule has 1 N–H and O–H groups in total. The Labute approximate surface area is 231 Å². The Bertz CT molecular complexity index is 1360. The summed E-state index contributed by atoms with van der Waals surface area (Å²) < 4.78 is 6.62. The molecule has 198 valence electrons. The zero-order chi connectivity index (χ0) is 26.4. The molecular weight excluding hydrogens is 488 g/mol. The van der Waals surface area contributed by atoms with Crippen LogP contribution in [0.2, 0.25) is 0 Å². The Morgan fingerprint density at radius 2 is 1.71 bits per heavy atom. The SMILES string of the molecule is Cc1cc(-c2c(C)cc(C3CCCCC3)cc2C)c2c(c1)C(Oc1ccc3c(c1)SC[C@H]3CC(=O)O)CC2. The van der Waals surface area contributed by atoms with Crippen LogP contribution in [0.25, 0.3) is 11.1 Å². The average Bonchev–Trinajstić information content (AvgIpc) is 3.47. The van der Waals surface area contributed by atoms with E-state index in [-0.39, 0.29) is 18.4 Å². The van der Waals surface area contributed by atoms with Gasteiger partial charge in [-0.05, 0) is 109 Å². The van der Waals surface area contributed by atoms with Crippen molar-refractivity contribution in [2.45, 2.75) is 95.0 Å². The molecule has 3 aromatic rings. The summed E-state index contributed by atoms with van der Waals surface area (Å²) in [7, 11) is 0. The fourth-order valence-electron chi connectivity index (χ4n) is 7.15. The molecule has 2 atom stereocenters. The van der Waals surface area contributed by atoms with Gasteiger partial charge in [0.2, 0.25) is 0 Å². The second kappa shape index (κ2) is 10.4. The van der Waals surface area contributed by atoms with Gasteiger partial charge in [-0.25, -0.2) is 0 Å². The number of aliphatic carboxylic acids is 1. The summed E-state index contributed by atoms with van der Waals surface area (Å²) in [5.41, 5.74) is 12.3. The van der Waals surface area contributed by atoms with Gasteiger partial charge in [-0.2, -0.15) is 0 Å². The minimum absolute atomic E-state index is 0.0463. The van der Waals surface area contributed by atoms with Gasteiger partial charge < -0.3 is 9.84 Å². The van der Waals surface area contributed by atoms with Crippen LogP contribution in [0, 0.1) is 20.8 Å². The van der Waals surface area contributed by atoms with E-state index in [0.29, 0.717) is 0 Å². The van der Waals surface area contributed by atoms with Gasteiger partial charge in [0.05, 0.1) is 6.42 Å². The van der Waals surface area contributed by atoms with Crippen LogP contribution in [0.15, 0.2) is 47.4 Å². The molecule has 0 aromatic heterocycles. The van der Waals surface area contributed by atoms with E-state index in [0.717, 1.165) is 35.8 Å². The van der Waals surface area contributed by atoms with E-state index in [1.165, 1.54) is 81.5 Å². The van der Waals surface area contributed by atoms with Gasteiger partial charge in [0, 0.05) is 16.6 Å². The Morgan fingerprint density at radius 1 is 0.947 bits per heavy atom. The topological polar surface area (TPSA) is 46.5 Å². The predicted molar refractivity (Wildman–Crippen MR) is 156 cm³/mol. The summed E-state index contributed by atoms with van der Waals surface area (Å²) in [6, 6.07) is 15.9. The van der Waals surface area contributed by atoms with Gasteiger partial charge in [-0.3, -0.25) is 4.79 Å². The summed E-state index contributed by atoms with van der Waals surface area (Å²) >= 11 is 1.75. The zero-order valence-electron chi connectivity index (χ0n) is 22.8. The van der Waals surface area contributed by atoms with Crippen molar-refractivity contribution in [1.29, 1.82) is 0 Å². The van der Waals surface area contributed by atoms with Crippen LogP contribution >= 0.6 is 11.8 Å². The van der Waals surface area contributed by atoms with Crippen molar-refractivity contribution in [3.8, 4) is 16.9 Å². The highest BCUT2D eigenvalue weighted by atomic mass is 32.2. The number of fused-ring (bicyclic) bond motifs is 2. The lowest BCUT2D eigenvalue weighted by Gasteiger charge is -2.24. The maximum Gasteiger partial charge on any atom is 0.303 e. The number of carboxylic acid groups (broad SMARTS) is 1. The number of rotatable bonds is 6. The lowest BCUT2D eigenvalue weighted by Crippen LogP contribution is -2.07. The number of carboxylic acids is 1. The molecule has 3 nitrogen and oxygen atoms in total. The van der Waals surface area contributed by atoms with Crippen LogP contribution in [0.4, 0.5) is 0 Å².